The van der Waals surface area contributed by atoms with Crippen molar-refractivity contribution in [1.29, 1.82) is 0 Å². The first-order valence-electron chi connectivity index (χ1n) is 7.15. The highest BCUT2D eigenvalue weighted by atomic mass is 19.1. The molecular formula is C16H19FN2O2. The molecule has 1 fully saturated rings. The van der Waals surface area contributed by atoms with Crippen LogP contribution >= 0.6 is 0 Å². The van der Waals surface area contributed by atoms with Crippen LogP contribution in [0.15, 0.2) is 29.3 Å². The molecule has 0 bridgehead atoms. The van der Waals surface area contributed by atoms with E-state index in [1.165, 1.54) is 18.3 Å². The third kappa shape index (κ3) is 4.21. The maximum absolute atomic E-state index is 12.8. The van der Waals surface area contributed by atoms with Gasteiger partial charge in [0.2, 0.25) is 11.8 Å². The summed E-state index contributed by atoms with van der Waals surface area (Å²) >= 11 is 0. The normalized spacial score (nSPS) is 16.4. The molecule has 0 aromatic heterocycles. The van der Waals surface area contributed by atoms with Crippen molar-refractivity contribution in [1.82, 2.24) is 4.90 Å². The zero-order valence-corrected chi connectivity index (χ0v) is 12.1. The molecule has 2 rings (SSSR count). The van der Waals surface area contributed by atoms with E-state index in [4.69, 9.17) is 0 Å². The van der Waals surface area contributed by atoms with Gasteiger partial charge in [0.15, 0.2) is 0 Å². The van der Waals surface area contributed by atoms with Crippen molar-refractivity contribution in [2.75, 3.05) is 13.1 Å². The second kappa shape index (κ2) is 7.11. The molecular weight excluding hydrogens is 271 g/mol. The zero-order chi connectivity index (χ0) is 15.2. The van der Waals surface area contributed by atoms with Crippen molar-refractivity contribution in [3.8, 4) is 0 Å². The maximum atomic E-state index is 12.8. The minimum Gasteiger partial charge on any atom is -0.342 e. The van der Waals surface area contributed by atoms with Crippen LogP contribution in [0.5, 0.6) is 0 Å². The van der Waals surface area contributed by atoms with Crippen molar-refractivity contribution in [2.45, 2.75) is 26.2 Å². The lowest BCUT2D eigenvalue weighted by Crippen LogP contribution is -2.40. The summed E-state index contributed by atoms with van der Waals surface area (Å²) in [4.78, 5) is 29.4. The first-order chi connectivity index (χ1) is 10.1. The third-order valence-corrected chi connectivity index (χ3v) is 3.72. The predicted octanol–water partition coefficient (Wildman–Crippen LogP) is 2.22. The van der Waals surface area contributed by atoms with Crippen LogP contribution in [0.3, 0.4) is 0 Å². The smallest absolute Gasteiger partial charge is 0.248 e. The van der Waals surface area contributed by atoms with Gasteiger partial charge in [-0.2, -0.15) is 0 Å². The molecule has 5 heteroatoms. The fraction of sp³-hybridized carbons (Fsp3) is 0.438. The van der Waals surface area contributed by atoms with Crippen LogP contribution in [-0.4, -0.2) is 36.0 Å². The van der Waals surface area contributed by atoms with E-state index in [1.54, 1.807) is 24.0 Å². The van der Waals surface area contributed by atoms with E-state index in [9.17, 15) is 14.0 Å². The average molecular weight is 290 g/mol. The zero-order valence-electron chi connectivity index (χ0n) is 12.1. The predicted molar refractivity (Wildman–Crippen MR) is 78.6 cm³/mol. The number of hydrogen-bond donors (Lipinski definition) is 0. The largest absolute Gasteiger partial charge is 0.342 e. The van der Waals surface area contributed by atoms with Crippen molar-refractivity contribution in [3.63, 3.8) is 0 Å². The molecule has 1 aromatic carbocycles. The van der Waals surface area contributed by atoms with Gasteiger partial charge in [0, 0.05) is 25.2 Å². The number of hydrogen-bond acceptors (Lipinski definition) is 2. The molecule has 1 aliphatic heterocycles. The number of rotatable bonds is 3. The molecule has 1 aliphatic rings. The van der Waals surface area contributed by atoms with Gasteiger partial charge in [0.25, 0.3) is 0 Å². The Morgan fingerprint density at radius 3 is 2.48 bits per heavy atom. The lowest BCUT2D eigenvalue weighted by Gasteiger charge is -2.30. The summed E-state index contributed by atoms with van der Waals surface area (Å²) in [7, 11) is 0. The minimum atomic E-state index is -0.304. The standard InChI is InChI=1S/C16H19FN2O2/c1-2-18-16(21)13-7-9-19(10-8-13)15(20)11-12-3-5-14(17)6-4-12/h2-6,13H,7-11H2,1H3/b18-2+. The van der Waals surface area contributed by atoms with Gasteiger partial charge >= 0.3 is 0 Å². The van der Waals surface area contributed by atoms with Crippen molar-refractivity contribution in [2.24, 2.45) is 10.9 Å². The van der Waals surface area contributed by atoms with Crippen LogP contribution in [-0.2, 0) is 16.0 Å². The van der Waals surface area contributed by atoms with Gasteiger partial charge in [-0.1, -0.05) is 12.1 Å². The van der Waals surface area contributed by atoms with Gasteiger partial charge in [-0.3, -0.25) is 9.59 Å². The van der Waals surface area contributed by atoms with E-state index in [-0.39, 0.29) is 30.0 Å². The topological polar surface area (TPSA) is 49.7 Å². The number of benzene rings is 1. The maximum Gasteiger partial charge on any atom is 0.248 e. The van der Waals surface area contributed by atoms with E-state index in [1.807, 2.05) is 0 Å². The summed E-state index contributed by atoms with van der Waals surface area (Å²) in [5.41, 5.74) is 0.801. The molecule has 0 N–H and O–H groups in total. The first kappa shape index (κ1) is 15.4. The van der Waals surface area contributed by atoms with Gasteiger partial charge in [-0.05, 0) is 37.5 Å². The Bertz CT molecular complexity index is 532. The molecule has 112 valence electrons. The molecule has 0 spiro atoms. The number of amides is 2. The molecule has 21 heavy (non-hydrogen) atoms. The van der Waals surface area contributed by atoms with Gasteiger partial charge in [0.05, 0.1) is 6.42 Å². The lowest BCUT2D eigenvalue weighted by molar-refractivity contribution is -0.134. The van der Waals surface area contributed by atoms with Crippen LogP contribution < -0.4 is 0 Å². The average Bonchev–Trinajstić information content (AvgIpc) is 2.50. The van der Waals surface area contributed by atoms with Crippen LogP contribution in [0.25, 0.3) is 0 Å². The Morgan fingerprint density at radius 2 is 1.90 bits per heavy atom. The highest BCUT2D eigenvalue weighted by molar-refractivity contribution is 5.86. The summed E-state index contributed by atoms with van der Waals surface area (Å²) in [6.07, 6.45) is 3.09. The summed E-state index contributed by atoms with van der Waals surface area (Å²) in [6.45, 7) is 2.88. The number of carbonyl (C=O) groups is 2. The molecule has 1 saturated heterocycles. The fourth-order valence-electron chi connectivity index (χ4n) is 2.50. The summed E-state index contributed by atoms with van der Waals surface area (Å²) < 4.78 is 12.8. The molecule has 0 unspecified atom stereocenters. The Morgan fingerprint density at radius 1 is 1.29 bits per heavy atom. The van der Waals surface area contributed by atoms with Gasteiger partial charge in [-0.25, -0.2) is 9.38 Å². The van der Waals surface area contributed by atoms with Gasteiger partial charge < -0.3 is 4.90 Å². The molecule has 4 nitrogen and oxygen atoms in total. The lowest BCUT2D eigenvalue weighted by atomic mass is 9.95. The molecule has 0 aliphatic carbocycles. The Kier molecular flexibility index (Phi) is 5.20. The Balaban J connectivity index is 1.85. The van der Waals surface area contributed by atoms with Crippen molar-refractivity contribution in [3.05, 3.63) is 35.6 Å². The van der Waals surface area contributed by atoms with Gasteiger partial charge in [0.1, 0.15) is 5.82 Å². The second-order valence-electron chi connectivity index (χ2n) is 5.18. The highest BCUT2D eigenvalue weighted by Crippen LogP contribution is 2.19. The summed E-state index contributed by atoms with van der Waals surface area (Å²) in [5.74, 6) is -0.451. The summed E-state index contributed by atoms with van der Waals surface area (Å²) in [6, 6.07) is 5.96. The molecule has 0 radical (unpaired) electrons. The number of piperidine rings is 1. The second-order valence-corrected chi connectivity index (χ2v) is 5.18. The van der Waals surface area contributed by atoms with E-state index in [2.05, 4.69) is 4.99 Å². The van der Waals surface area contributed by atoms with E-state index in [0.717, 1.165) is 5.56 Å². The van der Waals surface area contributed by atoms with Crippen LogP contribution in [0, 0.1) is 11.7 Å². The Hall–Kier alpha value is -2.04. The molecule has 2 amide bonds. The molecule has 0 saturated carbocycles. The van der Waals surface area contributed by atoms with Crippen molar-refractivity contribution < 1.29 is 14.0 Å². The number of likely N-dealkylation sites (tertiary alicyclic amines) is 1. The third-order valence-electron chi connectivity index (χ3n) is 3.72. The number of nitrogens with zero attached hydrogens (tertiary/aromatic N) is 2. The van der Waals surface area contributed by atoms with Crippen molar-refractivity contribution >= 4 is 18.0 Å². The van der Waals surface area contributed by atoms with Gasteiger partial charge in [-0.15, -0.1) is 0 Å². The number of aliphatic imine (C=N–C) groups is 1. The Labute approximate surface area is 123 Å². The van der Waals surface area contributed by atoms with E-state index >= 15 is 0 Å². The quantitative estimate of drug-likeness (QED) is 0.801. The number of halogens is 1. The molecule has 0 atom stereocenters. The minimum absolute atomic E-state index is 0.0199. The first-order valence-corrected chi connectivity index (χ1v) is 7.15. The van der Waals surface area contributed by atoms with Crippen LogP contribution in [0.1, 0.15) is 25.3 Å². The fourth-order valence-corrected chi connectivity index (χ4v) is 2.50. The summed E-state index contributed by atoms with van der Waals surface area (Å²) in [5, 5.41) is 0. The van der Waals surface area contributed by atoms with Crippen LogP contribution in [0.2, 0.25) is 0 Å². The molecule has 1 heterocycles. The van der Waals surface area contributed by atoms with E-state index in [0.29, 0.717) is 25.9 Å². The highest BCUT2D eigenvalue weighted by Gasteiger charge is 2.26. The van der Waals surface area contributed by atoms with E-state index < -0.39 is 0 Å². The SMILES string of the molecule is C/C=N/C(=O)C1CCN(C(=O)Cc2ccc(F)cc2)CC1. The monoisotopic (exact) mass is 290 g/mol. The van der Waals surface area contributed by atoms with Crippen LogP contribution in [0.4, 0.5) is 4.39 Å². The number of carbonyl (C=O) groups excluding carboxylic acids is 2. The molecule has 1 aromatic rings.